The molecule has 0 spiro atoms. The maximum Gasteiger partial charge on any atom is 0.254 e. The van der Waals surface area contributed by atoms with Crippen molar-refractivity contribution >= 4 is 17.5 Å². The molecule has 1 heterocycles. The van der Waals surface area contributed by atoms with E-state index in [-0.39, 0.29) is 11.8 Å². The van der Waals surface area contributed by atoms with Crippen molar-refractivity contribution in [1.29, 1.82) is 0 Å². The average molecular weight is 394 g/mol. The van der Waals surface area contributed by atoms with Gasteiger partial charge in [-0.3, -0.25) is 9.59 Å². The molecule has 0 N–H and O–H groups in total. The number of benzene rings is 2. The van der Waals surface area contributed by atoms with Crippen LogP contribution >= 0.6 is 0 Å². The molecular formula is C23H26N2O4. The van der Waals surface area contributed by atoms with E-state index in [0.29, 0.717) is 30.2 Å². The van der Waals surface area contributed by atoms with E-state index in [4.69, 9.17) is 9.47 Å². The van der Waals surface area contributed by atoms with Gasteiger partial charge in [0.25, 0.3) is 5.91 Å². The molecule has 29 heavy (non-hydrogen) atoms. The van der Waals surface area contributed by atoms with E-state index in [1.165, 1.54) is 17.5 Å². The summed E-state index contributed by atoms with van der Waals surface area (Å²) in [6.07, 6.45) is 3.37. The number of methoxy groups -OCH3 is 2. The fourth-order valence-electron chi connectivity index (χ4n) is 4.23. The summed E-state index contributed by atoms with van der Waals surface area (Å²) in [7, 11) is 3.09. The largest absolute Gasteiger partial charge is 0.497 e. The molecule has 2 aromatic carbocycles. The molecule has 4 rings (SSSR count). The van der Waals surface area contributed by atoms with Gasteiger partial charge in [0, 0.05) is 30.4 Å². The summed E-state index contributed by atoms with van der Waals surface area (Å²) in [6, 6.07) is 10.8. The van der Waals surface area contributed by atoms with Gasteiger partial charge in [-0.25, -0.2) is 0 Å². The smallest absolute Gasteiger partial charge is 0.254 e. The molecule has 0 bridgehead atoms. The van der Waals surface area contributed by atoms with E-state index in [9.17, 15) is 9.59 Å². The molecule has 2 aliphatic rings. The number of nitrogens with zero attached hydrogens (tertiary/aromatic N) is 2. The van der Waals surface area contributed by atoms with Crippen LogP contribution in [-0.2, 0) is 17.6 Å². The SMILES string of the molecule is COc1cc(OC)cc(C(=O)N2CCN(c3ccc4c(c3)CCC4)C(=O)C2C)c1. The van der Waals surface area contributed by atoms with Gasteiger partial charge in [0.2, 0.25) is 5.91 Å². The van der Waals surface area contributed by atoms with Crippen LogP contribution in [-0.4, -0.2) is 50.1 Å². The van der Waals surface area contributed by atoms with Gasteiger partial charge < -0.3 is 19.3 Å². The van der Waals surface area contributed by atoms with Crippen molar-refractivity contribution < 1.29 is 19.1 Å². The molecule has 1 aliphatic carbocycles. The van der Waals surface area contributed by atoms with Crippen LogP contribution in [0.15, 0.2) is 36.4 Å². The van der Waals surface area contributed by atoms with Gasteiger partial charge in [-0.1, -0.05) is 6.07 Å². The van der Waals surface area contributed by atoms with Gasteiger partial charge in [-0.2, -0.15) is 0 Å². The summed E-state index contributed by atoms with van der Waals surface area (Å²) in [5.41, 5.74) is 4.10. The molecule has 0 saturated carbocycles. The standard InChI is InChI=1S/C23H26N2O4/c1-15-22(26)25(19-8-7-16-5-4-6-17(16)11-19)10-9-24(15)23(27)18-12-20(28-2)14-21(13-18)29-3/h7-8,11-15H,4-6,9-10H2,1-3H3. The Balaban J connectivity index is 1.55. The third kappa shape index (κ3) is 3.55. The molecule has 1 saturated heterocycles. The lowest BCUT2D eigenvalue weighted by molar-refractivity contribution is -0.124. The number of fused-ring (bicyclic) bond motifs is 1. The van der Waals surface area contributed by atoms with E-state index in [2.05, 4.69) is 12.1 Å². The Morgan fingerprint density at radius 2 is 1.66 bits per heavy atom. The molecule has 2 aromatic rings. The molecular weight excluding hydrogens is 368 g/mol. The van der Waals surface area contributed by atoms with Crippen molar-refractivity contribution in [2.45, 2.75) is 32.2 Å². The topological polar surface area (TPSA) is 59.1 Å². The van der Waals surface area contributed by atoms with Crippen LogP contribution in [0.1, 0.15) is 34.8 Å². The summed E-state index contributed by atoms with van der Waals surface area (Å²) in [6.45, 7) is 2.74. The van der Waals surface area contributed by atoms with Gasteiger partial charge in [0.05, 0.1) is 14.2 Å². The van der Waals surface area contributed by atoms with Crippen molar-refractivity contribution in [3.05, 3.63) is 53.1 Å². The molecule has 0 radical (unpaired) electrons. The number of hydrogen-bond donors (Lipinski definition) is 0. The molecule has 1 unspecified atom stereocenters. The lowest BCUT2D eigenvalue weighted by Crippen LogP contribution is -2.57. The molecule has 0 aromatic heterocycles. The second kappa shape index (κ2) is 7.78. The Morgan fingerprint density at radius 3 is 2.34 bits per heavy atom. The third-order valence-electron chi connectivity index (χ3n) is 5.91. The number of piperazine rings is 1. The highest BCUT2D eigenvalue weighted by Crippen LogP contribution is 2.29. The number of carbonyl (C=O) groups is 2. The Kier molecular flexibility index (Phi) is 5.18. The second-order valence-corrected chi connectivity index (χ2v) is 7.57. The van der Waals surface area contributed by atoms with Crippen molar-refractivity contribution in [3.63, 3.8) is 0 Å². The molecule has 1 fully saturated rings. The third-order valence-corrected chi connectivity index (χ3v) is 5.91. The number of carbonyl (C=O) groups excluding carboxylic acids is 2. The van der Waals surface area contributed by atoms with Crippen molar-refractivity contribution in [3.8, 4) is 11.5 Å². The average Bonchev–Trinajstić information content (AvgIpc) is 3.22. The summed E-state index contributed by atoms with van der Waals surface area (Å²) < 4.78 is 10.5. The molecule has 2 amide bonds. The first kappa shape index (κ1) is 19.3. The predicted molar refractivity (Wildman–Crippen MR) is 111 cm³/mol. The van der Waals surface area contributed by atoms with Gasteiger partial charge in [-0.15, -0.1) is 0 Å². The Morgan fingerprint density at radius 1 is 0.966 bits per heavy atom. The van der Waals surface area contributed by atoms with Crippen LogP contribution in [0.3, 0.4) is 0 Å². The number of anilines is 1. The Hall–Kier alpha value is -3.02. The molecule has 6 nitrogen and oxygen atoms in total. The fraction of sp³-hybridized carbons (Fsp3) is 0.391. The lowest BCUT2D eigenvalue weighted by atomic mass is 10.1. The first-order valence-electron chi connectivity index (χ1n) is 9.99. The van der Waals surface area contributed by atoms with Gasteiger partial charge in [0.15, 0.2) is 0 Å². The minimum Gasteiger partial charge on any atom is -0.497 e. The Bertz CT molecular complexity index is 934. The van der Waals surface area contributed by atoms with Crippen molar-refractivity contribution in [2.24, 2.45) is 0 Å². The minimum atomic E-state index is -0.540. The van der Waals surface area contributed by atoms with Crippen molar-refractivity contribution in [1.82, 2.24) is 4.90 Å². The second-order valence-electron chi connectivity index (χ2n) is 7.57. The van der Waals surface area contributed by atoms with E-state index >= 15 is 0 Å². The van der Waals surface area contributed by atoms with Crippen molar-refractivity contribution in [2.75, 3.05) is 32.2 Å². The van der Waals surface area contributed by atoms with Crippen LogP contribution in [0.4, 0.5) is 5.69 Å². The van der Waals surface area contributed by atoms with Crippen LogP contribution < -0.4 is 14.4 Å². The highest BCUT2D eigenvalue weighted by Gasteiger charge is 2.36. The Labute approximate surface area is 171 Å². The molecule has 1 atom stereocenters. The zero-order chi connectivity index (χ0) is 20.5. The first-order chi connectivity index (χ1) is 14.0. The normalized spacial score (nSPS) is 18.6. The first-order valence-corrected chi connectivity index (χ1v) is 9.99. The summed E-state index contributed by atoms with van der Waals surface area (Å²) in [5.74, 6) is 0.834. The van der Waals surface area contributed by atoms with E-state index < -0.39 is 6.04 Å². The molecule has 152 valence electrons. The summed E-state index contributed by atoms with van der Waals surface area (Å²) in [4.78, 5) is 29.7. The monoisotopic (exact) mass is 394 g/mol. The number of hydrogen-bond acceptors (Lipinski definition) is 4. The van der Waals surface area contributed by atoms with Crippen LogP contribution in [0, 0.1) is 0 Å². The number of ether oxygens (including phenoxy) is 2. The summed E-state index contributed by atoms with van der Waals surface area (Å²) in [5, 5.41) is 0. The van der Waals surface area contributed by atoms with Crippen LogP contribution in [0.2, 0.25) is 0 Å². The fourth-order valence-corrected chi connectivity index (χ4v) is 4.23. The highest BCUT2D eigenvalue weighted by molar-refractivity contribution is 6.03. The van der Waals surface area contributed by atoms with Gasteiger partial charge in [0.1, 0.15) is 17.5 Å². The van der Waals surface area contributed by atoms with Gasteiger partial charge >= 0.3 is 0 Å². The molecule has 6 heteroatoms. The maximum atomic E-state index is 13.1. The molecule has 1 aliphatic heterocycles. The zero-order valence-corrected chi connectivity index (χ0v) is 17.1. The number of rotatable bonds is 4. The zero-order valence-electron chi connectivity index (χ0n) is 17.1. The quantitative estimate of drug-likeness (QED) is 0.800. The van der Waals surface area contributed by atoms with E-state index in [0.717, 1.165) is 18.5 Å². The number of amides is 2. The summed E-state index contributed by atoms with van der Waals surface area (Å²) >= 11 is 0. The predicted octanol–water partition coefficient (Wildman–Crippen LogP) is 3.07. The van der Waals surface area contributed by atoms with Crippen LogP contribution in [0.25, 0.3) is 0 Å². The minimum absolute atomic E-state index is 0.0580. The van der Waals surface area contributed by atoms with E-state index in [1.54, 1.807) is 49.1 Å². The lowest BCUT2D eigenvalue weighted by Gasteiger charge is -2.39. The van der Waals surface area contributed by atoms with Gasteiger partial charge in [-0.05, 0) is 61.6 Å². The highest BCUT2D eigenvalue weighted by atomic mass is 16.5. The van der Waals surface area contributed by atoms with Crippen LogP contribution in [0.5, 0.6) is 11.5 Å². The maximum absolute atomic E-state index is 13.1. The number of aryl methyl sites for hydroxylation is 2. The van der Waals surface area contributed by atoms with E-state index in [1.807, 2.05) is 6.07 Å².